The van der Waals surface area contributed by atoms with Crippen LogP contribution in [0.1, 0.15) is 32.3 Å². The third-order valence-corrected chi connectivity index (χ3v) is 6.27. The van der Waals surface area contributed by atoms with Crippen molar-refractivity contribution in [2.24, 2.45) is 0 Å². The molecule has 2 heterocycles. The summed E-state index contributed by atoms with van der Waals surface area (Å²) >= 11 is 1.60. The van der Waals surface area contributed by atoms with Crippen LogP contribution in [-0.4, -0.2) is 32.2 Å². The van der Waals surface area contributed by atoms with E-state index < -0.39 is 10.0 Å². The van der Waals surface area contributed by atoms with Gasteiger partial charge in [0.25, 0.3) is 0 Å². The Balaban J connectivity index is 1.84. The molecule has 130 valence electrons. The fraction of sp³-hybridized carbons (Fsp3) is 0.471. The van der Waals surface area contributed by atoms with Gasteiger partial charge in [-0.05, 0) is 37.5 Å². The van der Waals surface area contributed by atoms with Crippen molar-refractivity contribution in [3.05, 3.63) is 29.1 Å². The summed E-state index contributed by atoms with van der Waals surface area (Å²) in [7, 11) is -3.24. The van der Waals surface area contributed by atoms with Crippen LogP contribution in [0.4, 0.5) is 10.8 Å². The fourth-order valence-electron chi connectivity index (χ4n) is 3.13. The van der Waals surface area contributed by atoms with Crippen LogP contribution < -0.4 is 9.62 Å². The lowest BCUT2D eigenvalue weighted by atomic mass is 10.1. The van der Waals surface area contributed by atoms with E-state index in [1.807, 2.05) is 24.4 Å². The highest BCUT2D eigenvalue weighted by molar-refractivity contribution is 7.92. The van der Waals surface area contributed by atoms with Crippen LogP contribution in [0.3, 0.4) is 0 Å². The Hall–Kier alpha value is -1.60. The number of thiazole rings is 1. The van der Waals surface area contributed by atoms with Gasteiger partial charge in [-0.15, -0.1) is 11.3 Å². The molecular formula is C17H23N3O2S2. The summed E-state index contributed by atoms with van der Waals surface area (Å²) in [5.74, 6) is 0. The number of nitrogens with zero attached hydrogens (tertiary/aromatic N) is 2. The molecular weight excluding hydrogens is 342 g/mol. The summed E-state index contributed by atoms with van der Waals surface area (Å²) < 4.78 is 25.5. The van der Waals surface area contributed by atoms with Crippen molar-refractivity contribution in [3.63, 3.8) is 0 Å². The van der Waals surface area contributed by atoms with Gasteiger partial charge in [0.1, 0.15) is 0 Å². The Morgan fingerprint density at radius 2 is 2.21 bits per heavy atom. The van der Waals surface area contributed by atoms with Crippen molar-refractivity contribution in [1.82, 2.24) is 4.98 Å². The molecule has 0 saturated heterocycles. The van der Waals surface area contributed by atoms with E-state index in [9.17, 15) is 8.42 Å². The van der Waals surface area contributed by atoms with Gasteiger partial charge in [0.2, 0.25) is 10.0 Å². The second-order valence-electron chi connectivity index (χ2n) is 6.27. The van der Waals surface area contributed by atoms with Gasteiger partial charge >= 0.3 is 0 Å². The zero-order chi connectivity index (χ0) is 17.3. The molecule has 5 nitrogen and oxygen atoms in total. The lowest BCUT2D eigenvalue weighted by Gasteiger charge is -2.21. The minimum absolute atomic E-state index is 0.0352. The standard InChI is InChI=1S/C17H23N3O2S2/c1-4-5-8-18-17-19-15(11-23-17)13-6-7-16-14(10-13)9-12(2)20(16)24(3,21)22/h6-7,10-12H,4-5,8-9H2,1-3H3,(H,18,19). The SMILES string of the molecule is CCCCNc1nc(-c2ccc3c(c2)CC(C)N3S(C)(=O)=O)cs1. The molecule has 1 unspecified atom stereocenters. The Morgan fingerprint density at radius 1 is 1.42 bits per heavy atom. The molecule has 24 heavy (non-hydrogen) atoms. The Bertz CT molecular complexity index is 830. The van der Waals surface area contributed by atoms with Gasteiger partial charge < -0.3 is 5.32 Å². The summed E-state index contributed by atoms with van der Waals surface area (Å²) in [6.07, 6.45) is 4.29. The largest absolute Gasteiger partial charge is 0.362 e. The van der Waals surface area contributed by atoms with Crippen molar-refractivity contribution >= 4 is 32.2 Å². The van der Waals surface area contributed by atoms with Gasteiger partial charge in [0.15, 0.2) is 5.13 Å². The normalized spacial score (nSPS) is 17.1. The number of sulfonamides is 1. The first-order valence-corrected chi connectivity index (χ1v) is 10.9. The number of hydrogen-bond donors (Lipinski definition) is 1. The number of nitrogens with one attached hydrogen (secondary N) is 1. The van der Waals surface area contributed by atoms with E-state index >= 15 is 0 Å². The highest BCUT2D eigenvalue weighted by atomic mass is 32.2. The topological polar surface area (TPSA) is 62.3 Å². The minimum atomic E-state index is -3.24. The third kappa shape index (κ3) is 3.42. The van der Waals surface area contributed by atoms with Crippen LogP contribution >= 0.6 is 11.3 Å². The minimum Gasteiger partial charge on any atom is -0.362 e. The summed E-state index contributed by atoms with van der Waals surface area (Å²) in [4.78, 5) is 4.64. The van der Waals surface area contributed by atoms with Gasteiger partial charge in [-0.2, -0.15) is 0 Å². The zero-order valence-corrected chi connectivity index (χ0v) is 15.9. The van der Waals surface area contributed by atoms with Crippen LogP contribution in [0.15, 0.2) is 23.6 Å². The first kappa shape index (κ1) is 17.2. The van der Waals surface area contributed by atoms with Crippen molar-refractivity contribution in [2.75, 3.05) is 22.4 Å². The van der Waals surface area contributed by atoms with Crippen LogP contribution in [0.25, 0.3) is 11.3 Å². The van der Waals surface area contributed by atoms with E-state index in [1.54, 1.807) is 11.3 Å². The molecule has 2 aromatic rings. The summed E-state index contributed by atoms with van der Waals surface area (Å²) in [6, 6.07) is 5.90. The number of hydrogen-bond acceptors (Lipinski definition) is 5. The second-order valence-corrected chi connectivity index (χ2v) is 8.99. The maximum atomic E-state index is 12.0. The molecule has 0 radical (unpaired) electrons. The van der Waals surface area contributed by atoms with Gasteiger partial charge in [-0.1, -0.05) is 19.4 Å². The third-order valence-electron chi connectivity index (χ3n) is 4.20. The van der Waals surface area contributed by atoms with Gasteiger partial charge in [-0.25, -0.2) is 13.4 Å². The van der Waals surface area contributed by atoms with Crippen LogP contribution in [0.5, 0.6) is 0 Å². The average Bonchev–Trinajstić information content (AvgIpc) is 3.09. The summed E-state index contributed by atoms with van der Waals surface area (Å²) in [6.45, 7) is 5.05. The highest BCUT2D eigenvalue weighted by Crippen LogP contribution is 2.37. The lowest BCUT2D eigenvalue weighted by molar-refractivity contribution is 0.590. The number of rotatable bonds is 6. The van der Waals surface area contributed by atoms with Crippen LogP contribution in [0, 0.1) is 0 Å². The number of unbranched alkanes of at least 4 members (excludes halogenated alkanes) is 1. The van der Waals surface area contributed by atoms with Crippen molar-refractivity contribution < 1.29 is 8.42 Å². The van der Waals surface area contributed by atoms with E-state index in [0.717, 1.165) is 53.4 Å². The Labute approximate surface area is 147 Å². The predicted molar refractivity (Wildman–Crippen MR) is 101 cm³/mol. The maximum absolute atomic E-state index is 12.0. The second kappa shape index (κ2) is 6.72. The number of benzene rings is 1. The molecule has 1 aliphatic heterocycles. The average molecular weight is 366 g/mol. The first-order valence-electron chi connectivity index (χ1n) is 8.22. The zero-order valence-electron chi connectivity index (χ0n) is 14.2. The van der Waals surface area contributed by atoms with E-state index in [4.69, 9.17) is 0 Å². The van der Waals surface area contributed by atoms with E-state index in [-0.39, 0.29) is 6.04 Å². The predicted octanol–water partition coefficient (Wildman–Crippen LogP) is 3.73. The molecule has 0 amide bonds. The molecule has 0 aliphatic carbocycles. The molecule has 0 saturated carbocycles. The van der Waals surface area contributed by atoms with E-state index in [1.165, 1.54) is 10.6 Å². The molecule has 0 bridgehead atoms. The van der Waals surface area contributed by atoms with E-state index in [0.29, 0.717) is 0 Å². The number of anilines is 2. The Morgan fingerprint density at radius 3 is 2.92 bits per heavy atom. The number of aromatic nitrogens is 1. The fourth-order valence-corrected chi connectivity index (χ4v) is 5.14. The van der Waals surface area contributed by atoms with Crippen LogP contribution in [0.2, 0.25) is 0 Å². The van der Waals surface area contributed by atoms with Crippen LogP contribution in [-0.2, 0) is 16.4 Å². The van der Waals surface area contributed by atoms with Crippen molar-refractivity contribution in [1.29, 1.82) is 0 Å². The lowest BCUT2D eigenvalue weighted by Crippen LogP contribution is -2.34. The molecule has 1 aliphatic rings. The smallest absolute Gasteiger partial charge is 0.232 e. The molecule has 1 atom stereocenters. The molecule has 0 spiro atoms. The maximum Gasteiger partial charge on any atom is 0.232 e. The Kier molecular flexibility index (Phi) is 4.83. The quantitative estimate of drug-likeness (QED) is 0.792. The van der Waals surface area contributed by atoms with Crippen molar-refractivity contribution in [3.8, 4) is 11.3 Å². The monoisotopic (exact) mass is 365 g/mol. The molecule has 1 aromatic carbocycles. The van der Waals surface area contributed by atoms with Gasteiger partial charge in [0.05, 0.1) is 17.6 Å². The summed E-state index contributed by atoms with van der Waals surface area (Å²) in [5, 5.41) is 6.32. The van der Waals surface area contributed by atoms with E-state index in [2.05, 4.69) is 23.3 Å². The number of fused-ring (bicyclic) bond motifs is 1. The highest BCUT2D eigenvalue weighted by Gasteiger charge is 2.32. The van der Waals surface area contributed by atoms with Gasteiger partial charge in [0, 0.05) is 23.5 Å². The first-order chi connectivity index (χ1) is 11.4. The van der Waals surface area contributed by atoms with Crippen molar-refractivity contribution in [2.45, 2.75) is 39.2 Å². The molecule has 0 fully saturated rings. The molecule has 3 rings (SSSR count). The summed E-state index contributed by atoms with van der Waals surface area (Å²) in [5.41, 5.74) is 3.84. The molecule has 1 N–H and O–H groups in total. The molecule has 7 heteroatoms. The molecule has 1 aromatic heterocycles. The van der Waals surface area contributed by atoms with Gasteiger partial charge in [-0.3, -0.25) is 4.31 Å².